The summed E-state index contributed by atoms with van der Waals surface area (Å²) < 4.78 is 27.3. The van der Waals surface area contributed by atoms with E-state index in [1.807, 2.05) is 0 Å². The lowest BCUT2D eigenvalue weighted by Gasteiger charge is -2.17. The monoisotopic (exact) mass is 330 g/mol. The van der Waals surface area contributed by atoms with Crippen LogP contribution in [0.3, 0.4) is 0 Å². The van der Waals surface area contributed by atoms with Crippen LogP contribution in [0, 0.1) is 11.8 Å². The minimum atomic E-state index is -3.36. The van der Waals surface area contributed by atoms with Crippen LogP contribution >= 0.6 is 15.9 Å². The number of rotatable bonds is 2. The third kappa shape index (κ3) is 2.10. The lowest BCUT2D eigenvalue weighted by Crippen LogP contribution is -2.29. The third-order valence-electron chi connectivity index (χ3n) is 4.01. The Bertz CT molecular complexity index is 549. The molecule has 1 saturated carbocycles. The van der Waals surface area contributed by atoms with Gasteiger partial charge in [0.15, 0.2) is 0 Å². The van der Waals surface area contributed by atoms with E-state index in [1.165, 1.54) is 25.5 Å². The lowest BCUT2D eigenvalue weighted by atomic mass is 10.0. The molecule has 2 heterocycles. The largest absolute Gasteiger partial charge is 0.262 e. The zero-order valence-corrected chi connectivity index (χ0v) is 12.3. The number of pyridine rings is 1. The van der Waals surface area contributed by atoms with Crippen molar-refractivity contribution in [2.45, 2.75) is 24.2 Å². The van der Waals surface area contributed by atoms with Crippen LogP contribution in [0.4, 0.5) is 0 Å². The van der Waals surface area contributed by atoms with Crippen molar-refractivity contribution in [3.05, 3.63) is 22.9 Å². The standard InChI is InChI=1S/C12H15BrN2O2S/c13-11-4-12(6-14-5-11)18(16,17)15-7-9-2-1-3-10(9)8-15/h4-6,9-10H,1-3,7-8H2. The van der Waals surface area contributed by atoms with E-state index in [0.717, 1.165) is 0 Å². The number of fused-ring (bicyclic) bond motifs is 1. The number of nitrogens with zero attached hydrogens (tertiary/aromatic N) is 2. The summed E-state index contributed by atoms with van der Waals surface area (Å²) in [7, 11) is -3.36. The fraction of sp³-hybridized carbons (Fsp3) is 0.583. The minimum Gasteiger partial charge on any atom is -0.262 e. The molecule has 18 heavy (non-hydrogen) atoms. The molecule has 0 bridgehead atoms. The number of halogens is 1. The topological polar surface area (TPSA) is 50.3 Å². The molecule has 0 aromatic carbocycles. The van der Waals surface area contributed by atoms with Crippen LogP contribution in [-0.2, 0) is 10.0 Å². The second-order valence-electron chi connectivity index (χ2n) is 5.11. The van der Waals surface area contributed by atoms with Gasteiger partial charge in [-0.05, 0) is 46.7 Å². The first kappa shape index (κ1) is 12.6. The number of hydrogen-bond donors (Lipinski definition) is 0. The Hall–Kier alpha value is -0.460. The minimum absolute atomic E-state index is 0.289. The molecule has 4 nitrogen and oxygen atoms in total. The van der Waals surface area contributed by atoms with Gasteiger partial charge in [-0.25, -0.2) is 8.42 Å². The molecule has 2 aliphatic rings. The van der Waals surface area contributed by atoms with Crippen LogP contribution in [0.1, 0.15) is 19.3 Å². The van der Waals surface area contributed by atoms with E-state index < -0.39 is 10.0 Å². The van der Waals surface area contributed by atoms with Crippen molar-refractivity contribution < 1.29 is 8.42 Å². The molecule has 0 radical (unpaired) electrons. The molecule has 1 aromatic heterocycles. The Morgan fingerprint density at radius 3 is 2.50 bits per heavy atom. The van der Waals surface area contributed by atoms with Crippen LogP contribution in [0.15, 0.2) is 27.8 Å². The Balaban J connectivity index is 1.87. The highest BCUT2D eigenvalue weighted by molar-refractivity contribution is 9.10. The number of sulfonamides is 1. The van der Waals surface area contributed by atoms with Gasteiger partial charge < -0.3 is 0 Å². The van der Waals surface area contributed by atoms with Gasteiger partial charge in [-0.15, -0.1) is 0 Å². The summed E-state index contributed by atoms with van der Waals surface area (Å²) in [6.07, 6.45) is 6.62. The summed E-state index contributed by atoms with van der Waals surface area (Å²) in [5.41, 5.74) is 0. The zero-order valence-electron chi connectivity index (χ0n) is 9.92. The van der Waals surface area contributed by atoms with E-state index >= 15 is 0 Å². The lowest BCUT2D eigenvalue weighted by molar-refractivity contribution is 0.445. The van der Waals surface area contributed by atoms with Crippen molar-refractivity contribution in [3.8, 4) is 0 Å². The highest BCUT2D eigenvalue weighted by Gasteiger charge is 2.41. The fourth-order valence-electron chi connectivity index (χ4n) is 3.07. The van der Waals surface area contributed by atoms with Gasteiger partial charge in [0.25, 0.3) is 0 Å². The van der Waals surface area contributed by atoms with Crippen LogP contribution in [-0.4, -0.2) is 30.8 Å². The van der Waals surface area contributed by atoms with E-state index in [0.29, 0.717) is 29.4 Å². The molecule has 0 N–H and O–H groups in total. The molecule has 1 saturated heterocycles. The smallest absolute Gasteiger partial charge is 0.244 e. The maximum Gasteiger partial charge on any atom is 0.244 e. The molecule has 2 unspecified atom stereocenters. The van der Waals surface area contributed by atoms with Gasteiger partial charge >= 0.3 is 0 Å². The van der Waals surface area contributed by atoms with Gasteiger partial charge in [-0.1, -0.05) is 6.42 Å². The molecule has 1 aliphatic heterocycles. The van der Waals surface area contributed by atoms with E-state index in [9.17, 15) is 8.42 Å². The highest BCUT2D eigenvalue weighted by atomic mass is 79.9. The Morgan fingerprint density at radius 1 is 1.22 bits per heavy atom. The molecule has 3 rings (SSSR count). The zero-order chi connectivity index (χ0) is 12.8. The van der Waals surface area contributed by atoms with Crippen molar-refractivity contribution in [1.29, 1.82) is 0 Å². The average Bonchev–Trinajstić information content (AvgIpc) is 2.89. The fourth-order valence-corrected chi connectivity index (χ4v) is 5.13. The summed E-state index contributed by atoms with van der Waals surface area (Å²) in [6, 6.07) is 1.62. The summed E-state index contributed by atoms with van der Waals surface area (Å²) in [6.45, 7) is 1.36. The predicted molar refractivity (Wildman–Crippen MR) is 71.5 cm³/mol. The molecule has 6 heteroatoms. The molecule has 2 fully saturated rings. The molecule has 1 aromatic rings. The van der Waals surface area contributed by atoms with Crippen LogP contribution < -0.4 is 0 Å². The predicted octanol–water partition coefficient (Wildman–Crippen LogP) is 2.26. The van der Waals surface area contributed by atoms with E-state index in [4.69, 9.17) is 0 Å². The third-order valence-corrected chi connectivity index (χ3v) is 6.24. The van der Waals surface area contributed by atoms with Crippen LogP contribution in [0.5, 0.6) is 0 Å². The van der Waals surface area contributed by atoms with Crippen molar-refractivity contribution >= 4 is 26.0 Å². The van der Waals surface area contributed by atoms with Crippen LogP contribution in [0.2, 0.25) is 0 Å². The molecular formula is C12H15BrN2O2S. The highest BCUT2D eigenvalue weighted by Crippen LogP contribution is 2.39. The molecule has 2 atom stereocenters. The number of aromatic nitrogens is 1. The average molecular weight is 331 g/mol. The molecule has 1 aliphatic carbocycles. The summed E-state index contributed by atoms with van der Waals surface area (Å²) in [4.78, 5) is 4.23. The van der Waals surface area contributed by atoms with Crippen molar-refractivity contribution in [1.82, 2.24) is 9.29 Å². The Kier molecular flexibility index (Phi) is 3.20. The van der Waals surface area contributed by atoms with Gasteiger partial charge in [0.1, 0.15) is 4.90 Å². The van der Waals surface area contributed by atoms with Gasteiger partial charge in [0.05, 0.1) is 0 Å². The first-order valence-electron chi connectivity index (χ1n) is 6.18. The van der Waals surface area contributed by atoms with Crippen molar-refractivity contribution in [2.24, 2.45) is 11.8 Å². The molecule has 0 amide bonds. The normalized spacial score (nSPS) is 28.5. The summed E-state index contributed by atoms with van der Waals surface area (Å²) in [5, 5.41) is 0. The van der Waals surface area contributed by atoms with Crippen LogP contribution in [0.25, 0.3) is 0 Å². The van der Waals surface area contributed by atoms with Gasteiger partial charge in [-0.3, -0.25) is 4.98 Å². The maximum absolute atomic E-state index is 12.5. The van der Waals surface area contributed by atoms with E-state index in [2.05, 4.69) is 20.9 Å². The van der Waals surface area contributed by atoms with E-state index in [1.54, 1.807) is 16.6 Å². The van der Waals surface area contributed by atoms with Gasteiger partial charge in [0, 0.05) is 30.0 Å². The summed E-state index contributed by atoms with van der Waals surface area (Å²) in [5.74, 6) is 1.14. The quantitative estimate of drug-likeness (QED) is 0.835. The van der Waals surface area contributed by atoms with Crippen molar-refractivity contribution in [3.63, 3.8) is 0 Å². The second-order valence-corrected chi connectivity index (χ2v) is 7.97. The Morgan fingerprint density at radius 2 is 1.89 bits per heavy atom. The van der Waals surface area contributed by atoms with Crippen molar-refractivity contribution in [2.75, 3.05) is 13.1 Å². The molecule has 98 valence electrons. The maximum atomic E-state index is 12.5. The Labute approximate surface area is 116 Å². The first-order chi connectivity index (χ1) is 8.57. The van der Waals surface area contributed by atoms with Gasteiger partial charge in [-0.2, -0.15) is 4.31 Å². The molecule has 0 spiro atoms. The van der Waals surface area contributed by atoms with Gasteiger partial charge in [0.2, 0.25) is 10.0 Å². The molecular weight excluding hydrogens is 316 g/mol. The SMILES string of the molecule is O=S(=O)(c1cncc(Br)c1)N1CC2CCCC2C1. The first-order valence-corrected chi connectivity index (χ1v) is 8.41. The van der Waals surface area contributed by atoms with E-state index in [-0.39, 0.29) is 4.90 Å². The summed E-state index contributed by atoms with van der Waals surface area (Å²) >= 11 is 3.27. The second kappa shape index (κ2) is 4.58. The number of hydrogen-bond acceptors (Lipinski definition) is 3.